The molecule has 3 nitrogen and oxygen atoms in total. The lowest BCUT2D eigenvalue weighted by atomic mass is 9.84. The van der Waals surface area contributed by atoms with Gasteiger partial charge in [0.1, 0.15) is 5.60 Å². The van der Waals surface area contributed by atoms with E-state index < -0.39 is 5.60 Å². The van der Waals surface area contributed by atoms with E-state index in [1.165, 1.54) is 5.56 Å². The van der Waals surface area contributed by atoms with Gasteiger partial charge in [-0.1, -0.05) is 30.3 Å². The molecule has 1 amide bonds. The molecule has 2 atom stereocenters. The Morgan fingerprint density at radius 2 is 1.90 bits per heavy atom. The Kier molecular flexibility index (Phi) is 4.36. The Morgan fingerprint density at radius 1 is 1.25 bits per heavy atom. The van der Waals surface area contributed by atoms with Crippen LogP contribution in [0.15, 0.2) is 30.3 Å². The number of piperidine rings is 1. The second-order valence-electron chi connectivity index (χ2n) is 6.57. The number of benzene rings is 1. The zero-order valence-corrected chi connectivity index (χ0v) is 12.9. The highest BCUT2D eigenvalue weighted by molar-refractivity contribution is 5.69. The summed E-state index contributed by atoms with van der Waals surface area (Å²) in [4.78, 5) is 14.2. The lowest BCUT2D eigenvalue weighted by molar-refractivity contribution is 0.00894. The van der Waals surface area contributed by atoms with Gasteiger partial charge in [0.15, 0.2) is 0 Å². The molecule has 1 aromatic carbocycles. The van der Waals surface area contributed by atoms with E-state index in [-0.39, 0.29) is 12.1 Å². The van der Waals surface area contributed by atoms with Gasteiger partial charge in [0.25, 0.3) is 0 Å². The summed E-state index contributed by atoms with van der Waals surface area (Å²) >= 11 is 0. The molecular weight excluding hydrogens is 250 g/mol. The molecule has 0 spiro atoms. The van der Waals surface area contributed by atoms with Crippen LogP contribution in [0.2, 0.25) is 0 Å². The number of amides is 1. The van der Waals surface area contributed by atoms with Crippen molar-refractivity contribution in [3.63, 3.8) is 0 Å². The Hall–Kier alpha value is -1.51. The molecule has 1 aliphatic rings. The number of hydrogen-bond acceptors (Lipinski definition) is 2. The Labute approximate surface area is 121 Å². The number of carbonyl (C=O) groups excluding carboxylic acids is 1. The van der Waals surface area contributed by atoms with Crippen LogP contribution in [-0.4, -0.2) is 29.2 Å². The predicted molar refractivity (Wildman–Crippen MR) is 80.8 cm³/mol. The van der Waals surface area contributed by atoms with E-state index in [1.54, 1.807) is 0 Å². The van der Waals surface area contributed by atoms with Crippen molar-refractivity contribution in [2.45, 2.75) is 58.1 Å². The Balaban J connectivity index is 2.11. The molecule has 0 saturated carbocycles. The van der Waals surface area contributed by atoms with Crippen molar-refractivity contribution in [1.29, 1.82) is 0 Å². The highest BCUT2D eigenvalue weighted by Gasteiger charge is 2.34. The SMILES string of the molecule is CC1C(c2ccccc2)CCCN1C(=O)OC(C)(C)C. The minimum absolute atomic E-state index is 0.181. The van der Waals surface area contributed by atoms with Crippen LogP contribution in [0, 0.1) is 0 Å². The van der Waals surface area contributed by atoms with Crippen LogP contribution in [0.1, 0.15) is 52.0 Å². The summed E-state index contributed by atoms with van der Waals surface area (Å²) in [6.07, 6.45) is 1.97. The lowest BCUT2D eigenvalue weighted by Gasteiger charge is -2.40. The average Bonchev–Trinajstić information content (AvgIpc) is 2.38. The third kappa shape index (κ3) is 3.53. The van der Waals surface area contributed by atoms with Gasteiger partial charge in [-0.2, -0.15) is 0 Å². The van der Waals surface area contributed by atoms with Gasteiger partial charge in [0, 0.05) is 18.5 Å². The van der Waals surface area contributed by atoms with E-state index in [0.717, 1.165) is 19.4 Å². The molecule has 0 radical (unpaired) electrons. The first-order chi connectivity index (χ1) is 9.38. The van der Waals surface area contributed by atoms with Crippen LogP contribution in [-0.2, 0) is 4.74 Å². The topological polar surface area (TPSA) is 29.5 Å². The third-order valence-corrected chi connectivity index (χ3v) is 3.84. The number of hydrogen-bond donors (Lipinski definition) is 0. The molecule has 1 fully saturated rings. The van der Waals surface area contributed by atoms with Gasteiger partial charge in [-0.3, -0.25) is 0 Å². The second kappa shape index (κ2) is 5.86. The van der Waals surface area contributed by atoms with E-state index in [2.05, 4.69) is 31.2 Å². The Morgan fingerprint density at radius 3 is 2.50 bits per heavy atom. The maximum Gasteiger partial charge on any atom is 0.410 e. The number of likely N-dealkylation sites (tertiary alicyclic amines) is 1. The molecule has 110 valence electrons. The van der Waals surface area contributed by atoms with Crippen molar-refractivity contribution < 1.29 is 9.53 Å². The van der Waals surface area contributed by atoms with Crippen LogP contribution in [0.3, 0.4) is 0 Å². The average molecular weight is 275 g/mol. The van der Waals surface area contributed by atoms with E-state index in [9.17, 15) is 4.79 Å². The van der Waals surface area contributed by atoms with Gasteiger partial charge in [0.05, 0.1) is 0 Å². The molecule has 2 rings (SSSR count). The first-order valence-electron chi connectivity index (χ1n) is 7.43. The molecule has 3 heteroatoms. The summed E-state index contributed by atoms with van der Waals surface area (Å²) in [5.74, 6) is 0.400. The predicted octanol–water partition coefficient (Wildman–Crippen LogP) is 4.19. The van der Waals surface area contributed by atoms with Gasteiger partial charge < -0.3 is 9.64 Å². The molecule has 1 heterocycles. The fourth-order valence-electron chi connectivity index (χ4n) is 2.87. The van der Waals surface area contributed by atoms with Crippen LogP contribution >= 0.6 is 0 Å². The molecule has 1 aliphatic heterocycles. The molecule has 20 heavy (non-hydrogen) atoms. The van der Waals surface area contributed by atoms with Crippen molar-refractivity contribution in [3.8, 4) is 0 Å². The van der Waals surface area contributed by atoms with Crippen molar-refractivity contribution >= 4 is 6.09 Å². The lowest BCUT2D eigenvalue weighted by Crippen LogP contribution is -2.47. The van der Waals surface area contributed by atoms with E-state index in [0.29, 0.717) is 5.92 Å². The maximum atomic E-state index is 12.3. The smallest absolute Gasteiger partial charge is 0.410 e. The number of rotatable bonds is 1. The highest BCUT2D eigenvalue weighted by atomic mass is 16.6. The van der Waals surface area contributed by atoms with Crippen LogP contribution < -0.4 is 0 Å². The normalized spacial score (nSPS) is 23.5. The first kappa shape index (κ1) is 14.9. The summed E-state index contributed by atoms with van der Waals surface area (Å²) in [6, 6.07) is 10.6. The van der Waals surface area contributed by atoms with Crippen LogP contribution in [0.4, 0.5) is 4.79 Å². The van der Waals surface area contributed by atoms with E-state index in [4.69, 9.17) is 4.74 Å². The molecule has 0 N–H and O–H groups in total. The molecular formula is C17H25NO2. The zero-order chi connectivity index (χ0) is 14.8. The van der Waals surface area contributed by atoms with E-state index >= 15 is 0 Å². The van der Waals surface area contributed by atoms with Gasteiger partial charge in [-0.05, 0) is 46.1 Å². The molecule has 2 unspecified atom stereocenters. The molecule has 0 aromatic heterocycles. The Bertz CT molecular complexity index is 450. The summed E-state index contributed by atoms with van der Waals surface area (Å²) in [5.41, 5.74) is 0.879. The van der Waals surface area contributed by atoms with Crippen LogP contribution in [0.5, 0.6) is 0 Å². The van der Waals surface area contributed by atoms with Crippen molar-refractivity contribution in [1.82, 2.24) is 4.90 Å². The summed E-state index contributed by atoms with van der Waals surface area (Å²) in [7, 11) is 0. The quantitative estimate of drug-likeness (QED) is 0.769. The number of nitrogens with zero attached hydrogens (tertiary/aromatic N) is 1. The number of ether oxygens (including phenoxy) is 1. The second-order valence-corrected chi connectivity index (χ2v) is 6.57. The largest absolute Gasteiger partial charge is 0.444 e. The maximum absolute atomic E-state index is 12.3. The van der Waals surface area contributed by atoms with Crippen molar-refractivity contribution in [2.24, 2.45) is 0 Å². The van der Waals surface area contributed by atoms with Crippen molar-refractivity contribution in [3.05, 3.63) is 35.9 Å². The van der Waals surface area contributed by atoms with Crippen molar-refractivity contribution in [2.75, 3.05) is 6.54 Å². The molecule has 0 aliphatic carbocycles. The minimum Gasteiger partial charge on any atom is -0.444 e. The summed E-state index contributed by atoms with van der Waals surface area (Å²) < 4.78 is 5.52. The highest BCUT2D eigenvalue weighted by Crippen LogP contribution is 2.33. The van der Waals surface area contributed by atoms with Crippen LogP contribution in [0.25, 0.3) is 0 Å². The monoisotopic (exact) mass is 275 g/mol. The van der Waals surface area contributed by atoms with Gasteiger partial charge in [-0.25, -0.2) is 4.79 Å². The minimum atomic E-state index is -0.434. The van der Waals surface area contributed by atoms with Gasteiger partial charge in [0.2, 0.25) is 0 Å². The fraction of sp³-hybridized carbons (Fsp3) is 0.588. The molecule has 0 bridgehead atoms. The third-order valence-electron chi connectivity index (χ3n) is 3.84. The molecule has 1 saturated heterocycles. The fourth-order valence-corrected chi connectivity index (χ4v) is 2.87. The number of carbonyl (C=O) groups is 1. The molecule has 1 aromatic rings. The van der Waals surface area contributed by atoms with Gasteiger partial charge in [-0.15, -0.1) is 0 Å². The zero-order valence-electron chi connectivity index (χ0n) is 12.9. The standard InChI is InChI=1S/C17H25NO2/c1-13-15(14-9-6-5-7-10-14)11-8-12-18(13)16(19)20-17(2,3)4/h5-7,9-10,13,15H,8,11-12H2,1-4H3. The van der Waals surface area contributed by atoms with Gasteiger partial charge >= 0.3 is 6.09 Å². The summed E-state index contributed by atoms with van der Waals surface area (Å²) in [5, 5.41) is 0. The summed E-state index contributed by atoms with van der Waals surface area (Å²) in [6.45, 7) is 8.65. The van der Waals surface area contributed by atoms with E-state index in [1.807, 2.05) is 31.7 Å². The first-order valence-corrected chi connectivity index (χ1v) is 7.43.